The molecule has 0 aromatic carbocycles. The molecule has 2 N–H and O–H groups in total. The lowest BCUT2D eigenvalue weighted by Gasteiger charge is -2.47. The molecular formula is C13H26N2. The summed E-state index contributed by atoms with van der Waals surface area (Å²) in [5.41, 5.74) is 6.86. The van der Waals surface area contributed by atoms with Gasteiger partial charge in [0.15, 0.2) is 0 Å². The highest BCUT2D eigenvalue weighted by atomic mass is 15.2. The first kappa shape index (κ1) is 11.4. The minimum absolute atomic E-state index is 0.302. The van der Waals surface area contributed by atoms with E-state index in [1.165, 1.54) is 38.8 Å². The molecule has 1 unspecified atom stereocenters. The van der Waals surface area contributed by atoms with Gasteiger partial charge in [-0.15, -0.1) is 0 Å². The molecule has 0 spiro atoms. The van der Waals surface area contributed by atoms with E-state index in [0.717, 1.165) is 12.5 Å². The lowest BCUT2D eigenvalue weighted by atomic mass is 9.80. The molecule has 2 rings (SSSR count). The Morgan fingerprint density at radius 2 is 1.80 bits per heavy atom. The molecule has 2 fully saturated rings. The van der Waals surface area contributed by atoms with Crippen molar-refractivity contribution in [2.45, 2.75) is 52.0 Å². The Morgan fingerprint density at radius 1 is 1.27 bits per heavy atom. The van der Waals surface area contributed by atoms with E-state index in [-0.39, 0.29) is 0 Å². The van der Waals surface area contributed by atoms with Gasteiger partial charge in [-0.3, -0.25) is 4.90 Å². The van der Waals surface area contributed by atoms with Gasteiger partial charge in [0.25, 0.3) is 0 Å². The zero-order valence-corrected chi connectivity index (χ0v) is 10.6. The van der Waals surface area contributed by atoms with Crippen LogP contribution in [0.1, 0.15) is 46.5 Å². The van der Waals surface area contributed by atoms with Crippen LogP contribution in [-0.4, -0.2) is 30.1 Å². The van der Waals surface area contributed by atoms with Crippen LogP contribution in [0.2, 0.25) is 0 Å². The molecule has 1 heterocycles. The topological polar surface area (TPSA) is 29.3 Å². The summed E-state index contributed by atoms with van der Waals surface area (Å²) in [6.07, 6.45) is 5.45. The monoisotopic (exact) mass is 210 g/mol. The van der Waals surface area contributed by atoms with Gasteiger partial charge in [0, 0.05) is 12.1 Å². The van der Waals surface area contributed by atoms with Gasteiger partial charge in [-0.25, -0.2) is 0 Å². The third-order valence-corrected chi connectivity index (χ3v) is 4.71. The molecule has 0 aromatic heterocycles. The molecule has 0 amide bonds. The molecule has 2 aliphatic rings. The maximum absolute atomic E-state index is 6.00. The van der Waals surface area contributed by atoms with Gasteiger partial charge >= 0.3 is 0 Å². The normalized spacial score (nSPS) is 31.2. The molecule has 1 aliphatic heterocycles. The standard InChI is InChI=1S/C13H26N2/c1-12(2)6-8-15(9-7-12)13(3,10-14)11-4-5-11/h11H,4-10,14H2,1-3H3. The highest BCUT2D eigenvalue weighted by Crippen LogP contribution is 2.44. The van der Waals surface area contributed by atoms with E-state index in [0.29, 0.717) is 11.0 Å². The molecule has 0 aromatic rings. The van der Waals surface area contributed by atoms with Gasteiger partial charge in [0.2, 0.25) is 0 Å². The fourth-order valence-corrected chi connectivity index (χ4v) is 2.88. The van der Waals surface area contributed by atoms with Gasteiger partial charge in [0.05, 0.1) is 0 Å². The van der Waals surface area contributed by atoms with Crippen molar-refractivity contribution < 1.29 is 0 Å². The predicted molar refractivity (Wildman–Crippen MR) is 64.8 cm³/mol. The Labute approximate surface area is 94.2 Å². The largest absolute Gasteiger partial charge is 0.329 e. The Bertz CT molecular complexity index is 223. The van der Waals surface area contributed by atoms with Crippen molar-refractivity contribution in [3.05, 3.63) is 0 Å². The first-order chi connectivity index (χ1) is 6.98. The van der Waals surface area contributed by atoms with Gasteiger partial charge in [-0.1, -0.05) is 13.8 Å². The minimum atomic E-state index is 0.302. The molecule has 2 nitrogen and oxygen atoms in total. The number of hydrogen-bond donors (Lipinski definition) is 1. The number of likely N-dealkylation sites (tertiary alicyclic amines) is 1. The Balaban J connectivity index is 1.99. The van der Waals surface area contributed by atoms with Crippen LogP contribution in [0.15, 0.2) is 0 Å². The second kappa shape index (κ2) is 3.74. The van der Waals surface area contributed by atoms with Gasteiger partial charge < -0.3 is 5.73 Å². The number of nitrogens with two attached hydrogens (primary N) is 1. The van der Waals surface area contributed by atoms with Crippen LogP contribution in [0.4, 0.5) is 0 Å². The van der Waals surface area contributed by atoms with Crippen molar-refractivity contribution in [1.82, 2.24) is 4.90 Å². The zero-order chi connectivity index (χ0) is 11.1. The smallest absolute Gasteiger partial charge is 0.0331 e. The summed E-state index contributed by atoms with van der Waals surface area (Å²) in [5.74, 6) is 0.878. The van der Waals surface area contributed by atoms with Crippen molar-refractivity contribution in [3.63, 3.8) is 0 Å². The van der Waals surface area contributed by atoms with Crippen LogP contribution in [0.25, 0.3) is 0 Å². The van der Waals surface area contributed by atoms with E-state index >= 15 is 0 Å². The first-order valence-electron chi connectivity index (χ1n) is 6.43. The number of rotatable bonds is 3. The molecular weight excluding hydrogens is 184 g/mol. The predicted octanol–water partition coefficient (Wildman–Crippen LogP) is 2.24. The van der Waals surface area contributed by atoms with E-state index in [1.54, 1.807) is 0 Å². The molecule has 1 saturated heterocycles. The number of piperidine rings is 1. The fourth-order valence-electron chi connectivity index (χ4n) is 2.88. The Kier molecular flexibility index (Phi) is 2.85. The van der Waals surface area contributed by atoms with Crippen molar-refractivity contribution in [2.24, 2.45) is 17.1 Å². The molecule has 15 heavy (non-hydrogen) atoms. The summed E-state index contributed by atoms with van der Waals surface area (Å²) >= 11 is 0. The van der Waals surface area contributed by atoms with Crippen LogP contribution in [-0.2, 0) is 0 Å². The first-order valence-corrected chi connectivity index (χ1v) is 6.43. The van der Waals surface area contributed by atoms with Crippen molar-refractivity contribution in [3.8, 4) is 0 Å². The second-order valence-corrected chi connectivity index (χ2v) is 6.49. The quantitative estimate of drug-likeness (QED) is 0.774. The van der Waals surface area contributed by atoms with E-state index in [9.17, 15) is 0 Å². The van der Waals surface area contributed by atoms with Gasteiger partial charge in [-0.2, -0.15) is 0 Å². The van der Waals surface area contributed by atoms with Crippen LogP contribution in [0.5, 0.6) is 0 Å². The third-order valence-electron chi connectivity index (χ3n) is 4.71. The van der Waals surface area contributed by atoms with Crippen molar-refractivity contribution >= 4 is 0 Å². The second-order valence-electron chi connectivity index (χ2n) is 6.49. The SMILES string of the molecule is CC1(C)CCN(C(C)(CN)C2CC2)CC1. The lowest BCUT2D eigenvalue weighted by molar-refractivity contribution is 0.0297. The Morgan fingerprint density at radius 3 is 2.20 bits per heavy atom. The number of hydrogen-bond acceptors (Lipinski definition) is 2. The minimum Gasteiger partial charge on any atom is -0.329 e. The highest BCUT2D eigenvalue weighted by Gasteiger charge is 2.45. The summed E-state index contributed by atoms with van der Waals surface area (Å²) in [7, 11) is 0. The lowest BCUT2D eigenvalue weighted by Crippen LogP contribution is -2.56. The van der Waals surface area contributed by atoms with Crippen molar-refractivity contribution in [2.75, 3.05) is 19.6 Å². The molecule has 1 aliphatic carbocycles. The molecule has 1 atom stereocenters. The fraction of sp³-hybridized carbons (Fsp3) is 1.00. The average Bonchev–Trinajstić information content (AvgIpc) is 3.00. The highest BCUT2D eigenvalue weighted by molar-refractivity contribution is 5.01. The van der Waals surface area contributed by atoms with Crippen LogP contribution in [0, 0.1) is 11.3 Å². The maximum Gasteiger partial charge on any atom is 0.0331 e. The molecule has 1 saturated carbocycles. The van der Waals surface area contributed by atoms with Crippen molar-refractivity contribution in [1.29, 1.82) is 0 Å². The molecule has 2 heteroatoms. The van der Waals surface area contributed by atoms with E-state index < -0.39 is 0 Å². The third kappa shape index (κ3) is 2.21. The summed E-state index contributed by atoms with van der Waals surface area (Å²) < 4.78 is 0. The zero-order valence-electron chi connectivity index (χ0n) is 10.6. The van der Waals surface area contributed by atoms with Gasteiger partial charge in [-0.05, 0) is 57.0 Å². The van der Waals surface area contributed by atoms with Crippen LogP contribution < -0.4 is 5.73 Å². The summed E-state index contributed by atoms with van der Waals surface area (Å²) in [6.45, 7) is 10.5. The Hall–Kier alpha value is -0.0800. The summed E-state index contributed by atoms with van der Waals surface area (Å²) in [5, 5.41) is 0. The average molecular weight is 210 g/mol. The van der Waals surface area contributed by atoms with Gasteiger partial charge in [0.1, 0.15) is 0 Å². The maximum atomic E-state index is 6.00. The van der Waals surface area contributed by atoms with E-state index in [2.05, 4.69) is 25.7 Å². The molecule has 0 radical (unpaired) electrons. The van der Waals surface area contributed by atoms with E-state index in [4.69, 9.17) is 5.73 Å². The van der Waals surface area contributed by atoms with Crippen LogP contribution in [0.3, 0.4) is 0 Å². The molecule has 88 valence electrons. The number of nitrogens with zero attached hydrogens (tertiary/aromatic N) is 1. The van der Waals surface area contributed by atoms with Crippen LogP contribution >= 0.6 is 0 Å². The summed E-state index contributed by atoms with van der Waals surface area (Å²) in [6, 6.07) is 0. The summed E-state index contributed by atoms with van der Waals surface area (Å²) in [4.78, 5) is 2.66. The van der Waals surface area contributed by atoms with E-state index in [1.807, 2.05) is 0 Å². The molecule has 0 bridgehead atoms.